The second-order valence-electron chi connectivity index (χ2n) is 4.15. The van der Waals surface area contributed by atoms with Crippen molar-refractivity contribution in [2.45, 2.75) is 19.9 Å². The van der Waals surface area contributed by atoms with Crippen LogP contribution >= 0.6 is 0 Å². The lowest BCUT2D eigenvalue weighted by Gasteiger charge is -2.10. The lowest BCUT2D eigenvalue weighted by Crippen LogP contribution is -2.30. The van der Waals surface area contributed by atoms with E-state index in [1.807, 2.05) is 56.3 Å². The fraction of sp³-hybridized carbons (Fsp3) is 0.214. The number of amides is 1. The summed E-state index contributed by atoms with van der Waals surface area (Å²) in [6, 6.07) is 13.9. The average Bonchev–Trinajstić information content (AvgIpc) is 2.27. The number of fused-ring (bicyclic) bond motifs is 1. The van der Waals surface area contributed by atoms with Gasteiger partial charge in [-0.05, 0) is 30.7 Å². The molecule has 2 rings (SSSR count). The minimum absolute atomic E-state index is 0.00759. The Kier molecular flexibility index (Phi) is 2.91. The minimum atomic E-state index is -0.00759. The fourth-order valence-electron chi connectivity index (χ4n) is 1.76. The zero-order valence-corrected chi connectivity index (χ0v) is 9.53. The first-order valence-electron chi connectivity index (χ1n) is 5.47. The van der Waals surface area contributed by atoms with Crippen molar-refractivity contribution in [2.24, 2.45) is 0 Å². The van der Waals surface area contributed by atoms with Crippen molar-refractivity contribution in [1.82, 2.24) is 5.32 Å². The standard InChI is InChI=1S/C14H15NO/c1-10(2)15-14(16)13-9-5-7-11-6-3-4-8-12(11)13/h3-10H,1-2H3,(H,15,16). The summed E-state index contributed by atoms with van der Waals surface area (Å²) in [6.45, 7) is 3.92. The van der Waals surface area contributed by atoms with Crippen molar-refractivity contribution in [3.63, 3.8) is 0 Å². The first-order valence-corrected chi connectivity index (χ1v) is 5.47. The molecule has 1 N–H and O–H groups in total. The van der Waals surface area contributed by atoms with Crippen molar-refractivity contribution < 1.29 is 4.79 Å². The maximum Gasteiger partial charge on any atom is 0.252 e. The Hall–Kier alpha value is -1.83. The lowest BCUT2D eigenvalue weighted by atomic mass is 10.0. The molecule has 0 aromatic heterocycles. The summed E-state index contributed by atoms with van der Waals surface area (Å²) in [7, 11) is 0. The van der Waals surface area contributed by atoms with Gasteiger partial charge in [0, 0.05) is 11.6 Å². The predicted molar refractivity (Wildman–Crippen MR) is 66.6 cm³/mol. The highest BCUT2D eigenvalue weighted by atomic mass is 16.1. The maximum atomic E-state index is 12.0. The molecule has 2 nitrogen and oxygen atoms in total. The van der Waals surface area contributed by atoms with Gasteiger partial charge in [0.1, 0.15) is 0 Å². The number of carbonyl (C=O) groups is 1. The Bertz CT molecular complexity index is 512. The summed E-state index contributed by atoms with van der Waals surface area (Å²) < 4.78 is 0. The van der Waals surface area contributed by atoms with E-state index >= 15 is 0 Å². The molecule has 0 unspecified atom stereocenters. The van der Waals surface area contributed by atoms with Crippen molar-refractivity contribution >= 4 is 16.7 Å². The SMILES string of the molecule is CC(C)NC(=O)c1cccc2ccccc12. The van der Waals surface area contributed by atoms with Gasteiger partial charge in [-0.3, -0.25) is 4.79 Å². The van der Waals surface area contributed by atoms with Crippen LogP contribution in [-0.2, 0) is 0 Å². The van der Waals surface area contributed by atoms with Crippen LogP contribution in [0.5, 0.6) is 0 Å². The third-order valence-corrected chi connectivity index (χ3v) is 2.45. The van der Waals surface area contributed by atoms with E-state index in [1.54, 1.807) is 0 Å². The summed E-state index contributed by atoms with van der Waals surface area (Å²) >= 11 is 0. The Morgan fingerprint density at radius 3 is 2.50 bits per heavy atom. The summed E-state index contributed by atoms with van der Waals surface area (Å²) in [5, 5.41) is 5.01. The molecule has 82 valence electrons. The van der Waals surface area contributed by atoms with Crippen molar-refractivity contribution in [3.8, 4) is 0 Å². The van der Waals surface area contributed by atoms with Gasteiger partial charge in [-0.15, -0.1) is 0 Å². The van der Waals surface area contributed by atoms with Crippen LogP contribution in [-0.4, -0.2) is 11.9 Å². The molecular formula is C14H15NO. The third-order valence-electron chi connectivity index (χ3n) is 2.45. The smallest absolute Gasteiger partial charge is 0.252 e. The van der Waals surface area contributed by atoms with Crippen LogP contribution in [0.1, 0.15) is 24.2 Å². The normalized spacial score (nSPS) is 10.7. The molecule has 0 radical (unpaired) electrons. The summed E-state index contributed by atoms with van der Waals surface area (Å²) in [5.41, 5.74) is 0.742. The van der Waals surface area contributed by atoms with E-state index in [0.29, 0.717) is 0 Å². The van der Waals surface area contributed by atoms with Gasteiger partial charge in [-0.1, -0.05) is 36.4 Å². The summed E-state index contributed by atoms with van der Waals surface area (Å²) in [6.07, 6.45) is 0. The molecule has 1 amide bonds. The van der Waals surface area contributed by atoms with Crippen molar-refractivity contribution in [2.75, 3.05) is 0 Å². The van der Waals surface area contributed by atoms with Gasteiger partial charge in [-0.2, -0.15) is 0 Å². The van der Waals surface area contributed by atoms with Gasteiger partial charge in [-0.25, -0.2) is 0 Å². The topological polar surface area (TPSA) is 29.1 Å². The Labute approximate surface area is 95.3 Å². The van der Waals surface area contributed by atoms with Gasteiger partial charge in [0.15, 0.2) is 0 Å². The molecule has 16 heavy (non-hydrogen) atoms. The predicted octanol–water partition coefficient (Wildman–Crippen LogP) is 2.98. The Balaban J connectivity index is 2.48. The number of hydrogen-bond donors (Lipinski definition) is 1. The molecule has 2 aromatic carbocycles. The van der Waals surface area contributed by atoms with Crippen LogP contribution in [0, 0.1) is 0 Å². The molecule has 0 spiro atoms. The van der Waals surface area contributed by atoms with Crippen molar-refractivity contribution in [3.05, 3.63) is 48.0 Å². The average molecular weight is 213 g/mol. The number of nitrogens with one attached hydrogen (secondary N) is 1. The van der Waals surface area contributed by atoms with E-state index in [2.05, 4.69) is 5.32 Å². The maximum absolute atomic E-state index is 12.0. The summed E-state index contributed by atoms with van der Waals surface area (Å²) in [5.74, 6) is -0.00759. The Morgan fingerprint density at radius 2 is 1.75 bits per heavy atom. The molecule has 0 bridgehead atoms. The van der Waals surface area contributed by atoms with Crippen LogP contribution in [0.4, 0.5) is 0 Å². The molecule has 0 atom stereocenters. The Morgan fingerprint density at radius 1 is 1.06 bits per heavy atom. The summed E-state index contributed by atoms with van der Waals surface area (Å²) in [4.78, 5) is 12.0. The zero-order valence-electron chi connectivity index (χ0n) is 9.53. The molecule has 0 saturated heterocycles. The first kappa shape index (κ1) is 10.7. The van der Waals surface area contributed by atoms with E-state index in [4.69, 9.17) is 0 Å². The van der Waals surface area contributed by atoms with Crippen molar-refractivity contribution in [1.29, 1.82) is 0 Å². The molecule has 0 heterocycles. The number of hydrogen-bond acceptors (Lipinski definition) is 1. The van der Waals surface area contributed by atoms with Crippen LogP contribution in [0.15, 0.2) is 42.5 Å². The van der Waals surface area contributed by atoms with Gasteiger partial charge >= 0.3 is 0 Å². The highest BCUT2D eigenvalue weighted by molar-refractivity contribution is 6.07. The number of benzene rings is 2. The molecule has 0 aliphatic heterocycles. The monoisotopic (exact) mass is 213 g/mol. The zero-order chi connectivity index (χ0) is 11.5. The highest BCUT2D eigenvalue weighted by Gasteiger charge is 2.09. The second kappa shape index (κ2) is 4.35. The van der Waals surface area contributed by atoms with E-state index in [9.17, 15) is 4.79 Å². The fourth-order valence-corrected chi connectivity index (χ4v) is 1.76. The second-order valence-corrected chi connectivity index (χ2v) is 4.15. The lowest BCUT2D eigenvalue weighted by molar-refractivity contribution is 0.0945. The first-order chi connectivity index (χ1) is 7.68. The third kappa shape index (κ3) is 2.06. The minimum Gasteiger partial charge on any atom is -0.350 e. The number of carbonyl (C=O) groups excluding carboxylic acids is 1. The van der Waals surface area contributed by atoms with Gasteiger partial charge in [0.05, 0.1) is 0 Å². The van der Waals surface area contributed by atoms with E-state index in [-0.39, 0.29) is 11.9 Å². The molecular weight excluding hydrogens is 198 g/mol. The number of rotatable bonds is 2. The highest BCUT2D eigenvalue weighted by Crippen LogP contribution is 2.18. The van der Waals surface area contributed by atoms with Crippen LogP contribution in [0.3, 0.4) is 0 Å². The van der Waals surface area contributed by atoms with E-state index < -0.39 is 0 Å². The largest absolute Gasteiger partial charge is 0.350 e. The molecule has 2 heteroatoms. The van der Waals surface area contributed by atoms with Crippen LogP contribution in [0.25, 0.3) is 10.8 Å². The van der Waals surface area contributed by atoms with Gasteiger partial charge in [0.25, 0.3) is 5.91 Å². The molecule has 0 aliphatic rings. The molecule has 2 aromatic rings. The van der Waals surface area contributed by atoms with Crippen LogP contribution < -0.4 is 5.32 Å². The van der Waals surface area contributed by atoms with E-state index in [1.165, 1.54) is 0 Å². The van der Waals surface area contributed by atoms with Gasteiger partial charge in [0.2, 0.25) is 0 Å². The van der Waals surface area contributed by atoms with E-state index in [0.717, 1.165) is 16.3 Å². The van der Waals surface area contributed by atoms with Gasteiger partial charge < -0.3 is 5.32 Å². The molecule has 0 saturated carbocycles. The molecule has 0 aliphatic carbocycles. The van der Waals surface area contributed by atoms with Crippen LogP contribution in [0.2, 0.25) is 0 Å². The molecule has 0 fully saturated rings. The quantitative estimate of drug-likeness (QED) is 0.816.